The summed E-state index contributed by atoms with van der Waals surface area (Å²) in [7, 11) is 0. The predicted octanol–water partition coefficient (Wildman–Crippen LogP) is 3.81. The lowest BCUT2D eigenvalue weighted by atomic mass is 10.1. The van der Waals surface area contributed by atoms with E-state index in [9.17, 15) is 4.79 Å². The molecule has 0 aliphatic carbocycles. The maximum Gasteiger partial charge on any atom is 0.279 e. The Hall–Kier alpha value is -3.02. The van der Waals surface area contributed by atoms with E-state index in [1.807, 2.05) is 18.2 Å². The van der Waals surface area contributed by atoms with Crippen LogP contribution in [0, 0.1) is 0 Å². The summed E-state index contributed by atoms with van der Waals surface area (Å²) in [4.78, 5) is 16.4. The van der Waals surface area contributed by atoms with E-state index >= 15 is 0 Å². The maximum atomic E-state index is 12.8. The highest BCUT2D eigenvalue weighted by Gasteiger charge is 2.22. The van der Waals surface area contributed by atoms with Crippen molar-refractivity contribution in [2.24, 2.45) is 0 Å². The van der Waals surface area contributed by atoms with Crippen LogP contribution in [-0.4, -0.2) is 43.2 Å². The summed E-state index contributed by atoms with van der Waals surface area (Å²) in [6.07, 6.45) is 0. The molecule has 32 heavy (non-hydrogen) atoms. The molecule has 5 nitrogen and oxygen atoms in total. The van der Waals surface area contributed by atoms with E-state index < -0.39 is 0 Å². The molecular weight excluding hydrogens is 420 g/mol. The Labute approximate surface area is 193 Å². The van der Waals surface area contributed by atoms with Crippen LogP contribution in [0.3, 0.4) is 0 Å². The van der Waals surface area contributed by atoms with Gasteiger partial charge < -0.3 is 19.7 Å². The van der Waals surface area contributed by atoms with Crippen molar-refractivity contribution in [2.75, 3.05) is 42.9 Å². The highest BCUT2D eigenvalue weighted by molar-refractivity contribution is 6.30. The number of halogens is 1. The van der Waals surface area contributed by atoms with E-state index in [-0.39, 0.29) is 5.91 Å². The number of fused-ring (bicyclic) bond motifs is 3. The summed E-state index contributed by atoms with van der Waals surface area (Å²) < 4.78 is 2.32. The van der Waals surface area contributed by atoms with Gasteiger partial charge in [-0.15, -0.1) is 0 Å². The number of benzene rings is 3. The molecule has 3 aromatic carbocycles. The molecule has 1 amide bonds. The molecule has 0 spiro atoms. The number of nitrogens with one attached hydrogen (secondary N) is 2. The van der Waals surface area contributed by atoms with Crippen molar-refractivity contribution in [3.63, 3.8) is 0 Å². The molecule has 0 saturated carbocycles. The number of carbonyl (C=O) groups excluding carboxylic acids is 1. The average molecular weight is 448 g/mol. The number of aryl methyl sites for hydroxylation is 1. The summed E-state index contributed by atoms with van der Waals surface area (Å²) in [6, 6.07) is 22.7. The van der Waals surface area contributed by atoms with Crippen LogP contribution in [0.25, 0.3) is 21.8 Å². The molecule has 164 valence electrons. The zero-order valence-corrected chi connectivity index (χ0v) is 19.0. The van der Waals surface area contributed by atoms with Gasteiger partial charge in [0.05, 0.1) is 26.2 Å². The smallest absolute Gasteiger partial charge is 0.279 e. The van der Waals surface area contributed by atoms with E-state index in [1.54, 1.807) is 0 Å². The number of para-hydroxylation sites is 1. The Bertz CT molecular complexity index is 1260. The van der Waals surface area contributed by atoms with Crippen molar-refractivity contribution in [2.45, 2.75) is 13.5 Å². The molecule has 1 aliphatic heterocycles. The quantitative estimate of drug-likeness (QED) is 0.488. The molecule has 0 radical (unpaired) electrons. The summed E-state index contributed by atoms with van der Waals surface area (Å²) in [5.41, 5.74) is 4.49. The van der Waals surface area contributed by atoms with Crippen LogP contribution >= 0.6 is 11.6 Å². The van der Waals surface area contributed by atoms with Crippen LogP contribution in [0.5, 0.6) is 0 Å². The number of piperazine rings is 1. The molecular formula is C26H28ClN4O+. The summed E-state index contributed by atoms with van der Waals surface area (Å²) in [5, 5.41) is 6.29. The molecule has 2 N–H and O–H groups in total. The first-order valence-electron chi connectivity index (χ1n) is 11.3. The average Bonchev–Trinajstić information content (AvgIpc) is 3.13. The molecule has 0 bridgehead atoms. The highest BCUT2D eigenvalue weighted by Crippen LogP contribution is 2.30. The predicted molar refractivity (Wildman–Crippen MR) is 133 cm³/mol. The number of anilines is 2. The number of nitrogens with zero attached hydrogens (tertiary/aromatic N) is 2. The van der Waals surface area contributed by atoms with Crippen LogP contribution in [0.1, 0.15) is 6.92 Å². The van der Waals surface area contributed by atoms with E-state index in [2.05, 4.69) is 70.2 Å². The Morgan fingerprint density at radius 1 is 0.969 bits per heavy atom. The first-order valence-corrected chi connectivity index (χ1v) is 11.6. The molecule has 1 saturated heterocycles. The maximum absolute atomic E-state index is 12.8. The molecule has 0 atom stereocenters. The van der Waals surface area contributed by atoms with Gasteiger partial charge in [-0.25, -0.2) is 0 Å². The van der Waals surface area contributed by atoms with Crippen molar-refractivity contribution < 1.29 is 9.69 Å². The van der Waals surface area contributed by atoms with Gasteiger partial charge in [-0.2, -0.15) is 0 Å². The van der Waals surface area contributed by atoms with Gasteiger partial charge in [0.2, 0.25) is 0 Å². The van der Waals surface area contributed by atoms with Crippen LogP contribution < -0.4 is 15.1 Å². The third-order valence-corrected chi connectivity index (χ3v) is 6.70. The second kappa shape index (κ2) is 8.85. The number of carbonyl (C=O) groups is 1. The van der Waals surface area contributed by atoms with Gasteiger partial charge in [0, 0.05) is 44.7 Å². The second-order valence-electron chi connectivity index (χ2n) is 8.43. The minimum absolute atomic E-state index is 0.0681. The number of quaternary nitrogens is 1. The minimum Gasteiger partial charge on any atom is -0.360 e. The number of amides is 1. The number of hydrogen-bond donors (Lipinski definition) is 2. The first-order chi connectivity index (χ1) is 15.6. The molecule has 5 rings (SSSR count). The standard InChI is InChI=1S/C26H27ClN4O/c1-2-31-24-6-4-3-5-22(24)23-17-20(9-12-25(23)31)28-26(32)18-29-13-15-30(16-14-29)21-10-7-19(27)8-11-21/h3-12,17H,2,13-16,18H2,1H3,(H,28,32)/p+1. The SMILES string of the molecule is CCn1c2ccccc2c2cc(NC(=O)C[NH+]3CCN(c4ccc(Cl)cc4)CC3)ccc21. The summed E-state index contributed by atoms with van der Waals surface area (Å²) >= 11 is 6.00. The molecule has 1 fully saturated rings. The van der Waals surface area contributed by atoms with E-state index in [1.165, 1.54) is 32.4 Å². The Morgan fingerprint density at radius 2 is 1.69 bits per heavy atom. The lowest BCUT2D eigenvalue weighted by Gasteiger charge is -2.33. The Kier molecular flexibility index (Phi) is 5.77. The third-order valence-electron chi connectivity index (χ3n) is 6.45. The van der Waals surface area contributed by atoms with Gasteiger partial charge >= 0.3 is 0 Å². The lowest BCUT2D eigenvalue weighted by Crippen LogP contribution is -3.15. The fraction of sp³-hybridized carbons (Fsp3) is 0.269. The highest BCUT2D eigenvalue weighted by atomic mass is 35.5. The number of aromatic nitrogens is 1. The summed E-state index contributed by atoms with van der Waals surface area (Å²) in [5.74, 6) is 0.0681. The molecule has 1 aromatic heterocycles. The van der Waals surface area contributed by atoms with Crippen LogP contribution in [-0.2, 0) is 11.3 Å². The van der Waals surface area contributed by atoms with Crippen LogP contribution in [0.2, 0.25) is 5.02 Å². The van der Waals surface area contributed by atoms with Gasteiger partial charge in [-0.3, -0.25) is 4.79 Å². The largest absolute Gasteiger partial charge is 0.360 e. The van der Waals surface area contributed by atoms with E-state index in [0.717, 1.165) is 43.4 Å². The van der Waals surface area contributed by atoms with Crippen molar-refractivity contribution in [3.05, 3.63) is 71.8 Å². The molecule has 2 heterocycles. The van der Waals surface area contributed by atoms with Crippen LogP contribution in [0.15, 0.2) is 66.7 Å². The normalized spacial score (nSPS) is 14.9. The van der Waals surface area contributed by atoms with Gasteiger partial charge in [0.25, 0.3) is 5.91 Å². The van der Waals surface area contributed by atoms with Crippen molar-refractivity contribution in [1.29, 1.82) is 0 Å². The Morgan fingerprint density at radius 3 is 2.44 bits per heavy atom. The summed E-state index contributed by atoms with van der Waals surface area (Å²) in [6.45, 7) is 7.33. The fourth-order valence-electron chi connectivity index (χ4n) is 4.81. The van der Waals surface area contributed by atoms with Gasteiger partial charge in [0.1, 0.15) is 0 Å². The van der Waals surface area contributed by atoms with E-state index in [0.29, 0.717) is 6.54 Å². The number of rotatable bonds is 5. The zero-order chi connectivity index (χ0) is 22.1. The molecule has 6 heteroatoms. The van der Waals surface area contributed by atoms with Crippen molar-refractivity contribution in [3.8, 4) is 0 Å². The van der Waals surface area contributed by atoms with Crippen molar-refractivity contribution in [1.82, 2.24) is 4.57 Å². The number of hydrogen-bond acceptors (Lipinski definition) is 2. The molecule has 1 aliphatic rings. The topological polar surface area (TPSA) is 41.7 Å². The molecule has 4 aromatic rings. The van der Waals surface area contributed by atoms with Gasteiger partial charge in [-0.05, 0) is 55.5 Å². The van der Waals surface area contributed by atoms with Gasteiger partial charge in [0.15, 0.2) is 6.54 Å². The zero-order valence-electron chi connectivity index (χ0n) is 18.3. The Balaban J connectivity index is 1.24. The van der Waals surface area contributed by atoms with Gasteiger partial charge in [-0.1, -0.05) is 29.8 Å². The minimum atomic E-state index is 0.0681. The molecule has 0 unspecified atom stereocenters. The third kappa shape index (κ3) is 4.06. The fourth-order valence-corrected chi connectivity index (χ4v) is 4.94. The van der Waals surface area contributed by atoms with Crippen molar-refractivity contribution >= 4 is 50.7 Å². The second-order valence-corrected chi connectivity index (χ2v) is 8.87. The van der Waals surface area contributed by atoms with E-state index in [4.69, 9.17) is 11.6 Å². The monoisotopic (exact) mass is 447 g/mol. The van der Waals surface area contributed by atoms with Crippen LogP contribution in [0.4, 0.5) is 11.4 Å². The first kappa shape index (κ1) is 20.9. The lowest BCUT2D eigenvalue weighted by molar-refractivity contribution is -0.892.